The van der Waals surface area contributed by atoms with Crippen LogP contribution in [-0.4, -0.2) is 33.2 Å². The number of carboxylic acids is 1. The first-order valence-corrected chi connectivity index (χ1v) is 6.14. The van der Waals surface area contributed by atoms with Crippen molar-refractivity contribution < 1.29 is 19.0 Å². The van der Waals surface area contributed by atoms with Crippen LogP contribution in [0.1, 0.15) is 34.9 Å². The summed E-state index contributed by atoms with van der Waals surface area (Å²) in [6, 6.07) is 4.35. The third-order valence-corrected chi connectivity index (χ3v) is 3.25. The Morgan fingerprint density at radius 2 is 2.25 bits per heavy atom. The molecule has 0 amide bonds. The molecule has 0 radical (unpaired) electrons. The van der Waals surface area contributed by atoms with Gasteiger partial charge in [-0.2, -0.15) is 0 Å². The first-order valence-electron chi connectivity index (χ1n) is 6.14. The molecule has 1 aliphatic rings. The second-order valence-electron chi connectivity index (χ2n) is 4.63. The second kappa shape index (κ2) is 4.59. The molecule has 1 saturated carbocycles. The second-order valence-corrected chi connectivity index (χ2v) is 4.63. The highest BCUT2D eigenvalue weighted by Crippen LogP contribution is 2.42. The summed E-state index contributed by atoms with van der Waals surface area (Å²) in [6.45, 7) is 0. The first kappa shape index (κ1) is 12.6. The number of aromatic carboxylic acids is 1. The van der Waals surface area contributed by atoms with E-state index in [0.717, 1.165) is 12.8 Å². The average molecular weight is 277 g/mol. The minimum atomic E-state index is -1.12. The lowest BCUT2D eigenvalue weighted by molar-refractivity contribution is 0.0689. The van der Waals surface area contributed by atoms with Crippen molar-refractivity contribution in [2.45, 2.75) is 18.8 Å². The normalized spacial score (nSPS) is 14.3. The molecule has 0 aliphatic heterocycles. The zero-order chi connectivity index (χ0) is 14.3. The van der Waals surface area contributed by atoms with E-state index in [9.17, 15) is 9.18 Å². The fraction of sp³-hybridized carbons (Fsp3) is 0.308. The third-order valence-electron chi connectivity index (χ3n) is 3.25. The number of hydrogen-bond acceptors (Lipinski definition) is 4. The van der Waals surface area contributed by atoms with E-state index in [1.54, 1.807) is 6.07 Å². The third kappa shape index (κ3) is 2.01. The molecule has 0 unspecified atom stereocenters. The van der Waals surface area contributed by atoms with Gasteiger partial charge in [0, 0.05) is 12.0 Å². The Labute approximate surface area is 113 Å². The van der Waals surface area contributed by atoms with E-state index in [0.29, 0.717) is 11.4 Å². The molecule has 20 heavy (non-hydrogen) atoms. The summed E-state index contributed by atoms with van der Waals surface area (Å²) in [6.07, 6.45) is 1.79. The van der Waals surface area contributed by atoms with Crippen LogP contribution in [0.3, 0.4) is 0 Å². The quantitative estimate of drug-likeness (QED) is 0.924. The summed E-state index contributed by atoms with van der Waals surface area (Å²) < 4.78 is 20.0. The van der Waals surface area contributed by atoms with Crippen LogP contribution in [0.25, 0.3) is 5.69 Å². The molecule has 0 saturated heterocycles. The van der Waals surface area contributed by atoms with Gasteiger partial charge < -0.3 is 9.84 Å². The summed E-state index contributed by atoms with van der Waals surface area (Å²) in [5.74, 6) is -1.40. The van der Waals surface area contributed by atoms with Crippen molar-refractivity contribution in [2.24, 2.45) is 0 Å². The Morgan fingerprint density at radius 3 is 2.80 bits per heavy atom. The van der Waals surface area contributed by atoms with E-state index in [1.165, 1.54) is 23.9 Å². The van der Waals surface area contributed by atoms with Gasteiger partial charge in [-0.25, -0.2) is 13.9 Å². The summed E-state index contributed by atoms with van der Waals surface area (Å²) in [7, 11) is 1.38. The van der Waals surface area contributed by atoms with E-state index in [1.807, 2.05) is 0 Å². The molecule has 1 fully saturated rings. The number of nitrogens with zero attached hydrogens (tertiary/aromatic N) is 3. The molecular formula is C13H12FN3O3. The van der Waals surface area contributed by atoms with Gasteiger partial charge in [-0.05, 0) is 25.0 Å². The smallest absolute Gasteiger partial charge is 0.358 e. The first-order chi connectivity index (χ1) is 9.61. The van der Waals surface area contributed by atoms with Crippen LogP contribution in [0.4, 0.5) is 4.39 Å². The average Bonchev–Trinajstić information content (AvgIpc) is 3.16. The van der Waals surface area contributed by atoms with Gasteiger partial charge in [0.05, 0.1) is 18.5 Å². The number of benzene rings is 1. The Bertz CT molecular complexity index is 679. The molecule has 0 atom stereocenters. The molecular weight excluding hydrogens is 265 g/mol. The standard InChI is InChI=1S/C13H12FN3O3/c1-20-10-5-4-8(6-9(10)14)17-12(7-2-3-7)11(13(18)19)15-16-17/h4-7H,2-3H2,1H3,(H,18,19). The van der Waals surface area contributed by atoms with Crippen LogP contribution in [-0.2, 0) is 0 Å². The molecule has 6 nitrogen and oxygen atoms in total. The molecule has 1 aromatic carbocycles. The molecule has 0 bridgehead atoms. The van der Waals surface area contributed by atoms with Crippen molar-refractivity contribution in [3.8, 4) is 11.4 Å². The molecule has 3 rings (SSSR count). The Kier molecular flexibility index (Phi) is 2.89. The van der Waals surface area contributed by atoms with Gasteiger partial charge in [-0.1, -0.05) is 5.21 Å². The highest BCUT2D eigenvalue weighted by molar-refractivity contribution is 5.87. The molecule has 2 aromatic rings. The maximum atomic E-state index is 13.7. The van der Waals surface area contributed by atoms with Crippen molar-refractivity contribution in [2.75, 3.05) is 7.11 Å². The highest BCUT2D eigenvalue weighted by atomic mass is 19.1. The molecule has 1 heterocycles. The topological polar surface area (TPSA) is 77.2 Å². The zero-order valence-electron chi connectivity index (χ0n) is 10.7. The minimum Gasteiger partial charge on any atom is -0.494 e. The largest absolute Gasteiger partial charge is 0.494 e. The van der Waals surface area contributed by atoms with E-state index in [2.05, 4.69) is 10.3 Å². The lowest BCUT2D eigenvalue weighted by Crippen LogP contribution is -2.06. The highest BCUT2D eigenvalue weighted by Gasteiger charge is 2.34. The number of ether oxygens (including phenoxy) is 1. The maximum absolute atomic E-state index is 13.7. The van der Waals surface area contributed by atoms with Crippen LogP contribution < -0.4 is 4.74 Å². The number of halogens is 1. The Hall–Kier alpha value is -2.44. The van der Waals surface area contributed by atoms with E-state index < -0.39 is 11.8 Å². The fourth-order valence-electron chi connectivity index (χ4n) is 2.14. The van der Waals surface area contributed by atoms with Gasteiger partial charge in [0.25, 0.3) is 0 Å². The van der Waals surface area contributed by atoms with Gasteiger partial charge in [0.1, 0.15) is 0 Å². The van der Waals surface area contributed by atoms with Crippen LogP contribution in [0.2, 0.25) is 0 Å². The minimum absolute atomic E-state index is 0.0660. The van der Waals surface area contributed by atoms with Crippen molar-refractivity contribution in [3.05, 3.63) is 35.4 Å². The van der Waals surface area contributed by atoms with Crippen LogP contribution in [0.5, 0.6) is 5.75 Å². The molecule has 7 heteroatoms. The zero-order valence-corrected chi connectivity index (χ0v) is 10.7. The molecule has 0 spiro atoms. The number of aromatic nitrogens is 3. The summed E-state index contributed by atoms with van der Waals surface area (Å²) in [4.78, 5) is 11.2. The van der Waals surface area contributed by atoms with Crippen LogP contribution >= 0.6 is 0 Å². The number of carbonyl (C=O) groups is 1. The Balaban J connectivity index is 2.10. The summed E-state index contributed by atoms with van der Waals surface area (Å²) >= 11 is 0. The van der Waals surface area contributed by atoms with Crippen molar-refractivity contribution >= 4 is 5.97 Å². The fourth-order valence-corrected chi connectivity index (χ4v) is 2.14. The number of rotatable bonds is 4. The maximum Gasteiger partial charge on any atom is 0.358 e. The van der Waals surface area contributed by atoms with Crippen molar-refractivity contribution in [1.82, 2.24) is 15.0 Å². The Morgan fingerprint density at radius 1 is 1.50 bits per heavy atom. The van der Waals surface area contributed by atoms with Gasteiger partial charge in [0.15, 0.2) is 17.3 Å². The van der Waals surface area contributed by atoms with Gasteiger partial charge in [-0.3, -0.25) is 0 Å². The van der Waals surface area contributed by atoms with Gasteiger partial charge in [0.2, 0.25) is 0 Å². The number of hydrogen-bond donors (Lipinski definition) is 1. The number of methoxy groups -OCH3 is 1. The number of carboxylic acid groups (broad SMARTS) is 1. The van der Waals surface area contributed by atoms with Crippen molar-refractivity contribution in [3.63, 3.8) is 0 Å². The van der Waals surface area contributed by atoms with Crippen LogP contribution in [0, 0.1) is 5.82 Å². The van der Waals surface area contributed by atoms with E-state index in [4.69, 9.17) is 9.84 Å². The van der Waals surface area contributed by atoms with Gasteiger partial charge in [-0.15, -0.1) is 5.10 Å². The van der Waals surface area contributed by atoms with E-state index >= 15 is 0 Å². The SMILES string of the molecule is COc1ccc(-n2nnc(C(=O)O)c2C2CC2)cc1F. The molecule has 1 aliphatic carbocycles. The van der Waals surface area contributed by atoms with Crippen molar-refractivity contribution in [1.29, 1.82) is 0 Å². The molecule has 1 aromatic heterocycles. The molecule has 104 valence electrons. The monoisotopic (exact) mass is 277 g/mol. The van der Waals surface area contributed by atoms with Gasteiger partial charge >= 0.3 is 5.97 Å². The summed E-state index contributed by atoms with van der Waals surface area (Å²) in [5.41, 5.74) is 0.899. The molecule has 1 N–H and O–H groups in total. The summed E-state index contributed by atoms with van der Waals surface area (Å²) in [5, 5.41) is 16.7. The van der Waals surface area contributed by atoms with Crippen LogP contribution in [0.15, 0.2) is 18.2 Å². The predicted molar refractivity (Wildman–Crippen MR) is 66.8 cm³/mol. The lowest BCUT2D eigenvalue weighted by Gasteiger charge is -2.08. The predicted octanol–water partition coefficient (Wildman–Crippen LogP) is 1.99. The lowest BCUT2D eigenvalue weighted by atomic mass is 10.2. The van der Waals surface area contributed by atoms with E-state index in [-0.39, 0.29) is 17.4 Å².